The van der Waals surface area contributed by atoms with Crippen LogP contribution in [0.5, 0.6) is 0 Å². The Morgan fingerprint density at radius 1 is 0.897 bits per heavy atom. The van der Waals surface area contributed by atoms with Crippen molar-refractivity contribution in [3.8, 4) is 0 Å². The van der Waals surface area contributed by atoms with Crippen LogP contribution < -0.4 is 16.0 Å². The summed E-state index contributed by atoms with van der Waals surface area (Å²) in [5.41, 5.74) is -4.66. The van der Waals surface area contributed by atoms with Crippen molar-refractivity contribution in [3.05, 3.63) is 35.9 Å². The summed E-state index contributed by atoms with van der Waals surface area (Å²) >= 11 is -0.332. The largest absolute Gasteiger partial charge is 0.467 e. The van der Waals surface area contributed by atoms with E-state index in [2.05, 4.69) is 16.0 Å². The van der Waals surface area contributed by atoms with E-state index in [0.29, 0.717) is 0 Å². The van der Waals surface area contributed by atoms with E-state index < -0.39 is 58.9 Å². The van der Waals surface area contributed by atoms with Gasteiger partial charge < -0.3 is 25.4 Å². The summed E-state index contributed by atoms with van der Waals surface area (Å²) in [6, 6.07) is 5.33. The second-order valence-corrected chi connectivity index (χ2v) is 11.4. The SMILES string of the molecule is COC(=O)[C@H](Cc1ccccc1)NC(=O)[C@H](CC(C)C)NC(=O)C(CCSC(F)(F)F)NC(=O)OC(C)(C)C. The minimum atomic E-state index is -4.52. The second kappa shape index (κ2) is 15.6. The minimum Gasteiger partial charge on any atom is -0.467 e. The zero-order valence-electron chi connectivity index (χ0n) is 23.0. The van der Waals surface area contributed by atoms with Crippen LogP contribution in [0.1, 0.15) is 53.0 Å². The van der Waals surface area contributed by atoms with Gasteiger partial charge in [-0.3, -0.25) is 9.59 Å². The Morgan fingerprint density at radius 2 is 1.46 bits per heavy atom. The molecule has 0 saturated carbocycles. The highest BCUT2D eigenvalue weighted by Gasteiger charge is 2.33. The summed E-state index contributed by atoms with van der Waals surface area (Å²) in [5.74, 6) is -2.81. The van der Waals surface area contributed by atoms with Crippen LogP contribution in [0.15, 0.2) is 30.3 Å². The van der Waals surface area contributed by atoms with E-state index in [9.17, 15) is 32.3 Å². The van der Waals surface area contributed by atoms with Crippen molar-refractivity contribution in [2.45, 2.75) is 83.1 Å². The Kier molecular flexibility index (Phi) is 13.6. The zero-order valence-corrected chi connectivity index (χ0v) is 23.8. The monoisotopic (exact) mass is 577 g/mol. The van der Waals surface area contributed by atoms with Gasteiger partial charge in [0.1, 0.15) is 23.7 Å². The smallest absolute Gasteiger partial charge is 0.441 e. The van der Waals surface area contributed by atoms with Crippen LogP contribution in [-0.4, -0.2) is 66.0 Å². The molecule has 0 radical (unpaired) electrons. The molecule has 0 bridgehead atoms. The molecule has 3 atom stereocenters. The highest BCUT2D eigenvalue weighted by molar-refractivity contribution is 8.00. The van der Waals surface area contributed by atoms with E-state index in [4.69, 9.17) is 9.47 Å². The lowest BCUT2D eigenvalue weighted by atomic mass is 10.0. The molecule has 0 spiro atoms. The van der Waals surface area contributed by atoms with Crippen LogP contribution in [0.2, 0.25) is 0 Å². The number of alkyl halides is 3. The van der Waals surface area contributed by atoms with Crippen molar-refractivity contribution in [1.29, 1.82) is 0 Å². The number of rotatable bonds is 13. The number of hydrogen-bond donors (Lipinski definition) is 3. The topological polar surface area (TPSA) is 123 Å². The average Bonchev–Trinajstić information content (AvgIpc) is 2.80. The normalized spacial score (nSPS) is 14.1. The number of esters is 1. The van der Waals surface area contributed by atoms with Crippen molar-refractivity contribution < 1.29 is 41.8 Å². The standard InChI is InChI=1S/C26H38F3N3O6S/c1-16(2)14-19(22(34)31-20(23(35)37-6)15-17-10-8-7-9-11-17)30-21(33)18(12-13-39-26(27,28)29)32-24(36)38-25(3,4)5/h7-11,16,18-20H,12-15H2,1-6H3,(H,30,33)(H,31,34)(H,32,36)/t18?,19-,20-/m0/s1. The average molecular weight is 578 g/mol. The highest BCUT2D eigenvalue weighted by Crippen LogP contribution is 2.30. The Labute approximate surface area is 231 Å². The molecular weight excluding hydrogens is 539 g/mol. The molecule has 9 nitrogen and oxygen atoms in total. The van der Waals surface area contributed by atoms with Gasteiger partial charge in [-0.2, -0.15) is 13.2 Å². The second-order valence-electron chi connectivity index (χ2n) is 10.2. The van der Waals surface area contributed by atoms with Crippen molar-refractivity contribution in [2.75, 3.05) is 12.9 Å². The molecule has 1 rings (SSSR count). The van der Waals surface area contributed by atoms with Crippen LogP contribution in [0.3, 0.4) is 0 Å². The first kappa shape index (κ1) is 34.1. The van der Waals surface area contributed by atoms with E-state index in [1.165, 1.54) is 7.11 Å². The molecule has 1 aromatic carbocycles. The van der Waals surface area contributed by atoms with Crippen molar-refractivity contribution in [3.63, 3.8) is 0 Å². The quantitative estimate of drug-likeness (QED) is 0.304. The first-order valence-electron chi connectivity index (χ1n) is 12.4. The van der Waals surface area contributed by atoms with Gasteiger partial charge in [-0.25, -0.2) is 9.59 Å². The summed E-state index contributed by atoms with van der Waals surface area (Å²) in [6.45, 7) is 8.40. The maximum atomic E-state index is 13.2. The molecule has 0 aromatic heterocycles. The number of methoxy groups -OCH3 is 1. The van der Waals surface area contributed by atoms with Crippen molar-refractivity contribution in [2.24, 2.45) is 5.92 Å². The van der Waals surface area contributed by atoms with Crippen LogP contribution in [0.25, 0.3) is 0 Å². The Hall–Kier alpha value is -2.96. The number of ether oxygens (including phenoxy) is 2. The number of alkyl carbamates (subject to hydrolysis) is 1. The van der Waals surface area contributed by atoms with E-state index in [-0.39, 0.29) is 36.9 Å². The number of benzene rings is 1. The van der Waals surface area contributed by atoms with Gasteiger partial charge in [-0.15, -0.1) is 0 Å². The van der Waals surface area contributed by atoms with E-state index in [0.717, 1.165) is 5.56 Å². The predicted octanol–water partition coefficient (Wildman–Crippen LogP) is 3.95. The molecular formula is C26H38F3N3O6S. The molecule has 0 aliphatic rings. The van der Waals surface area contributed by atoms with Gasteiger partial charge in [-0.1, -0.05) is 55.9 Å². The highest BCUT2D eigenvalue weighted by atomic mass is 32.2. The summed E-state index contributed by atoms with van der Waals surface area (Å²) < 4.78 is 48.0. The van der Waals surface area contributed by atoms with Gasteiger partial charge in [0.25, 0.3) is 0 Å². The minimum absolute atomic E-state index is 0.0789. The first-order valence-corrected chi connectivity index (χ1v) is 13.4. The van der Waals surface area contributed by atoms with Gasteiger partial charge in [0.15, 0.2) is 0 Å². The lowest BCUT2D eigenvalue weighted by molar-refractivity contribution is -0.145. The molecule has 220 valence electrons. The summed E-state index contributed by atoms with van der Waals surface area (Å²) in [4.78, 5) is 51.0. The molecule has 3 amide bonds. The fourth-order valence-electron chi connectivity index (χ4n) is 3.44. The van der Waals surface area contributed by atoms with E-state index >= 15 is 0 Å². The van der Waals surface area contributed by atoms with Crippen LogP contribution >= 0.6 is 11.8 Å². The molecule has 0 aliphatic heterocycles. The van der Waals surface area contributed by atoms with E-state index in [1.54, 1.807) is 51.1 Å². The molecule has 0 fully saturated rings. The number of carbonyl (C=O) groups is 4. The predicted molar refractivity (Wildman–Crippen MR) is 142 cm³/mol. The Bertz CT molecular complexity index is 954. The summed E-state index contributed by atoms with van der Waals surface area (Å²) in [7, 11) is 1.19. The van der Waals surface area contributed by atoms with Crippen LogP contribution in [0.4, 0.5) is 18.0 Å². The number of hydrogen-bond acceptors (Lipinski definition) is 7. The van der Waals surface area contributed by atoms with Crippen molar-refractivity contribution in [1.82, 2.24) is 16.0 Å². The maximum Gasteiger partial charge on any atom is 0.441 e. The molecule has 1 aromatic rings. The molecule has 1 unspecified atom stereocenters. The molecule has 39 heavy (non-hydrogen) atoms. The number of carbonyl (C=O) groups excluding carboxylic acids is 4. The number of amides is 3. The van der Waals surface area contributed by atoms with Crippen LogP contribution in [0, 0.1) is 5.92 Å². The lowest BCUT2D eigenvalue weighted by Gasteiger charge is -2.27. The molecule has 0 heterocycles. The molecule has 0 saturated heterocycles. The van der Waals surface area contributed by atoms with Gasteiger partial charge in [0, 0.05) is 12.2 Å². The van der Waals surface area contributed by atoms with Gasteiger partial charge in [0.2, 0.25) is 11.8 Å². The van der Waals surface area contributed by atoms with E-state index in [1.807, 2.05) is 13.8 Å². The molecule has 0 aliphatic carbocycles. The molecule has 3 N–H and O–H groups in total. The Balaban J connectivity index is 3.07. The van der Waals surface area contributed by atoms with Gasteiger partial charge in [0.05, 0.1) is 7.11 Å². The number of halogens is 3. The van der Waals surface area contributed by atoms with Gasteiger partial charge in [-0.05, 0) is 45.1 Å². The number of thioether (sulfide) groups is 1. The summed E-state index contributed by atoms with van der Waals surface area (Å²) in [5, 5.41) is 7.43. The Morgan fingerprint density at radius 3 is 1.97 bits per heavy atom. The lowest BCUT2D eigenvalue weighted by Crippen LogP contribution is -2.56. The third-order valence-electron chi connectivity index (χ3n) is 5.10. The fraction of sp³-hybridized carbons (Fsp3) is 0.615. The fourth-order valence-corrected chi connectivity index (χ4v) is 4.03. The zero-order chi connectivity index (χ0) is 29.8. The third-order valence-corrected chi connectivity index (χ3v) is 5.87. The first-order chi connectivity index (χ1) is 18.0. The van der Waals surface area contributed by atoms with Gasteiger partial charge >= 0.3 is 17.6 Å². The van der Waals surface area contributed by atoms with Crippen LogP contribution in [-0.2, 0) is 30.3 Å². The third kappa shape index (κ3) is 14.7. The summed E-state index contributed by atoms with van der Waals surface area (Å²) in [6.07, 6.45) is -1.06. The van der Waals surface area contributed by atoms with Crippen molar-refractivity contribution >= 4 is 35.6 Å². The maximum absolute atomic E-state index is 13.2. The molecule has 13 heteroatoms. The number of nitrogens with one attached hydrogen (secondary N) is 3.